The zero-order valence-corrected chi connectivity index (χ0v) is 27.2. The molecule has 0 N–H and O–H groups in total. The van der Waals surface area contributed by atoms with Crippen LogP contribution in [0.1, 0.15) is 76.5 Å². The van der Waals surface area contributed by atoms with Crippen LogP contribution in [0.3, 0.4) is 0 Å². The number of nitrogens with zero attached hydrogens (tertiary/aromatic N) is 2. The first-order chi connectivity index (χ1) is 21.6. The standard InChI is InChI=1S/C21H25NO2.C13H19N.C6H6/c1-3-5-17-6-4-7-19-15-22(13-12-20(17)19)14-16-8-10-18(11-9-16)21(23)24-2;1-3-11-6-5-7-12-10-14(4-2)9-8-13(11)12;1-2-4-6-5-3-1/h4,6-11H,3,5,12-15H2,1-2H3;5-7H,3-4,8-10H2,1-2H3;1-6H. The van der Waals surface area contributed by atoms with E-state index in [9.17, 15) is 4.79 Å². The van der Waals surface area contributed by atoms with Crippen molar-refractivity contribution in [3.8, 4) is 0 Å². The van der Waals surface area contributed by atoms with Crippen LogP contribution in [0.2, 0.25) is 0 Å². The van der Waals surface area contributed by atoms with Gasteiger partial charge in [0.2, 0.25) is 0 Å². The number of likely N-dealkylation sites (N-methyl/N-ethyl adjacent to an activating group) is 1. The van der Waals surface area contributed by atoms with Crippen LogP contribution < -0.4 is 0 Å². The number of methoxy groups -OCH3 is 1. The van der Waals surface area contributed by atoms with Crippen LogP contribution in [-0.2, 0) is 50.1 Å². The Labute approximate surface area is 265 Å². The van der Waals surface area contributed by atoms with Crippen molar-refractivity contribution < 1.29 is 9.53 Å². The van der Waals surface area contributed by atoms with Crippen LogP contribution in [0.25, 0.3) is 0 Å². The van der Waals surface area contributed by atoms with Crippen LogP contribution in [0.5, 0.6) is 0 Å². The number of carbonyl (C=O) groups is 1. The van der Waals surface area contributed by atoms with Crippen LogP contribution in [0.4, 0.5) is 0 Å². The number of hydrogen-bond donors (Lipinski definition) is 0. The van der Waals surface area contributed by atoms with E-state index >= 15 is 0 Å². The lowest BCUT2D eigenvalue weighted by Gasteiger charge is -2.30. The molecule has 232 valence electrons. The molecular weight excluding hydrogens is 540 g/mol. The smallest absolute Gasteiger partial charge is 0.337 e. The van der Waals surface area contributed by atoms with Gasteiger partial charge < -0.3 is 4.74 Å². The SMILES string of the molecule is CCCc1cccc2c1CCN(Cc1ccc(C(=O)OC)cc1)C2.CCc1cccc2c1CCN(CC)C2.c1ccccc1. The molecule has 0 saturated carbocycles. The highest BCUT2D eigenvalue weighted by atomic mass is 16.5. The maximum Gasteiger partial charge on any atom is 0.337 e. The fourth-order valence-electron chi connectivity index (χ4n) is 6.24. The highest BCUT2D eigenvalue weighted by molar-refractivity contribution is 5.89. The highest BCUT2D eigenvalue weighted by Crippen LogP contribution is 2.25. The number of carbonyl (C=O) groups excluding carboxylic acids is 1. The van der Waals surface area contributed by atoms with E-state index in [0.29, 0.717) is 5.56 Å². The molecular formula is C40H50N2O2. The van der Waals surface area contributed by atoms with Crippen molar-refractivity contribution in [2.24, 2.45) is 0 Å². The molecule has 0 fully saturated rings. The molecule has 44 heavy (non-hydrogen) atoms. The first-order valence-corrected chi connectivity index (χ1v) is 16.4. The second kappa shape index (κ2) is 17.5. The summed E-state index contributed by atoms with van der Waals surface area (Å²) < 4.78 is 4.75. The average Bonchev–Trinajstić information content (AvgIpc) is 3.09. The summed E-state index contributed by atoms with van der Waals surface area (Å²) in [5.74, 6) is -0.281. The third-order valence-electron chi connectivity index (χ3n) is 8.68. The van der Waals surface area contributed by atoms with E-state index in [1.54, 1.807) is 22.3 Å². The first kappa shape index (κ1) is 33.2. The average molecular weight is 591 g/mol. The van der Waals surface area contributed by atoms with Gasteiger partial charge in [0.05, 0.1) is 12.7 Å². The number of benzene rings is 4. The summed E-state index contributed by atoms with van der Waals surface area (Å²) >= 11 is 0. The normalized spacial score (nSPS) is 14.2. The van der Waals surface area contributed by atoms with Gasteiger partial charge in [-0.15, -0.1) is 0 Å². The Morgan fingerprint density at radius 3 is 1.77 bits per heavy atom. The van der Waals surface area contributed by atoms with Crippen molar-refractivity contribution in [1.29, 1.82) is 0 Å². The second-order valence-electron chi connectivity index (χ2n) is 11.6. The molecule has 4 nitrogen and oxygen atoms in total. The Morgan fingerprint density at radius 1 is 0.682 bits per heavy atom. The minimum Gasteiger partial charge on any atom is -0.465 e. The molecule has 4 aromatic rings. The summed E-state index contributed by atoms with van der Waals surface area (Å²) in [5.41, 5.74) is 11.1. The van der Waals surface area contributed by atoms with Crippen molar-refractivity contribution in [3.63, 3.8) is 0 Å². The third kappa shape index (κ3) is 9.38. The molecule has 4 heteroatoms. The summed E-state index contributed by atoms with van der Waals surface area (Å²) in [6.45, 7) is 13.3. The Balaban J connectivity index is 0.000000184. The zero-order valence-electron chi connectivity index (χ0n) is 27.2. The van der Waals surface area contributed by atoms with Crippen molar-refractivity contribution in [3.05, 3.63) is 142 Å². The van der Waals surface area contributed by atoms with E-state index in [1.165, 1.54) is 62.6 Å². The van der Waals surface area contributed by atoms with E-state index in [4.69, 9.17) is 4.74 Å². The molecule has 0 bridgehead atoms. The molecule has 0 aliphatic carbocycles. The van der Waals surface area contributed by atoms with Gasteiger partial charge in [-0.25, -0.2) is 4.79 Å². The zero-order chi connectivity index (χ0) is 31.1. The number of aryl methyl sites for hydroxylation is 2. The summed E-state index contributed by atoms with van der Waals surface area (Å²) in [7, 11) is 1.41. The molecule has 0 amide bonds. The lowest BCUT2D eigenvalue weighted by molar-refractivity contribution is 0.0600. The Bertz CT molecular complexity index is 1410. The van der Waals surface area contributed by atoms with Crippen molar-refractivity contribution in [1.82, 2.24) is 9.80 Å². The molecule has 2 heterocycles. The molecule has 0 radical (unpaired) electrons. The number of esters is 1. The van der Waals surface area contributed by atoms with Gasteiger partial charge in [-0.1, -0.05) is 112 Å². The summed E-state index contributed by atoms with van der Waals surface area (Å²) in [6.07, 6.45) is 5.93. The van der Waals surface area contributed by atoms with Gasteiger partial charge in [-0.2, -0.15) is 0 Å². The Kier molecular flexibility index (Phi) is 13.2. The molecule has 0 aromatic heterocycles. The maximum atomic E-state index is 11.5. The van der Waals surface area contributed by atoms with E-state index in [2.05, 4.69) is 67.0 Å². The van der Waals surface area contributed by atoms with Crippen LogP contribution in [0, 0.1) is 0 Å². The quantitative estimate of drug-likeness (QED) is 0.203. The van der Waals surface area contributed by atoms with Crippen molar-refractivity contribution >= 4 is 5.97 Å². The van der Waals surface area contributed by atoms with Crippen molar-refractivity contribution in [2.75, 3.05) is 26.7 Å². The minimum atomic E-state index is -0.281. The van der Waals surface area contributed by atoms with Crippen LogP contribution in [0.15, 0.2) is 97.1 Å². The van der Waals surface area contributed by atoms with Gasteiger partial charge in [0, 0.05) is 32.7 Å². The van der Waals surface area contributed by atoms with Crippen LogP contribution in [-0.4, -0.2) is 42.5 Å². The first-order valence-electron chi connectivity index (χ1n) is 16.4. The molecule has 2 aliphatic heterocycles. The van der Waals surface area contributed by atoms with Gasteiger partial charge in [0.25, 0.3) is 0 Å². The lowest BCUT2D eigenvalue weighted by atomic mass is 9.92. The fraction of sp³-hybridized carbons (Fsp3) is 0.375. The maximum absolute atomic E-state index is 11.5. The van der Waals surface area contributed by atoms with E-state index < -0.39 is 0 Å². The highest BCUT2D eigenvalue weighted by Gasteiger charge is 2.19. The number of hydrogen-bond acceptors (Lipinski definition) is 4. The predicted octanol–water partition coefficient (Wildman–Crippen LogP) is 8.30. The third-order valence-corrected chi connectivity index (χ3v) is 8.68. The number of ether oxygens (including phenoxy) is 1. The van der Waals surface area contributed by atoms with E-state index in [-0.39, 0.29) is 5.97 Å². The minimum absolute atomic E-state index is 0.281. The summed E-state index contributed by atoms with van der Waals surface area (Å²) in [6, 6.07) is 33.2. The number of fused-ring (bicyclic) bond motifs is 2. The lowest BCUT2D eigenvalue weighted by Crippen LogP contribution is -2.30. The van der Waals surface area contributed by atoms with E-state index in [0.717, 1.165) is 32.6 Å². The molecule has 0 saturated heterocycles. The molecule has 0 atom stereocenters. The molecule has 4 aromatic carbocycles. The van der Waals surface area contributed by atoms with Gasteiger partial charge in [0.1, 0.15) is 0 Å². The fourth-order valence-corrected chi connectivity index (χ4v) is 6.24. The Morgan fingerprint density at radius 2 is 1.23 bits per heavy atom. The summed E-state index contributed by atoms with van der Waals surface area (Å²) in [5, 5.41) is 0. The van der Waals surface area contributed by atoms with Crippen LogP contribution >= 0.6 is 0 Å². The predicted molar refractivity (Wildman–Crippen MR) is 183 cm³/mol. The van der Waals surface area contributed by atoms with Gasteiger partial charge in [0.15, 0.2) is 0 Å². The molecule has 2 aliphatic rings. The molecule has 0 spiro atoms. The van der Waals surface area contributed by atoms with Gasteiger partial charge in [-0.05, 0) is 83.3 Å². The van der Waals surface area contributed by atoms with Gasteiger partial charge >= 0.3 is 5.97 Å². The van der Waals surface area contributed by atoms with Crippen molar-refractivity contribution in [2.45, 2.75) is 72.5 Å². The van der Waals surface area contributed by atoms with Gasteiger partial charge in [-0.3, -0.25) is 9.80 Å². The molecule has 0 unspecified atom stereocenters. The monoisotopic (exact) mass is 590 g/mol. The summed E-state index contributed by atoms with van der Waals surface area (Å²) in [4.78, 5) is 16.5. The largest absolute Gasteiger partial charge is 0.465 e. The molecule has 6 rings (SSSR count). The number of rotatable bonds is 7. The second-order valence-corrected chi connectivity index (χ2v) is 11.6. The van der Waals surface area contributed by atoms with E-state index in [1.807, 2.05) is 60.7 Å². The topological polar surface area (TPSA) is 32.8 Å². The Hall–Kier alpha value is -3.73.